The molecule has 0 saturated carbocycles. The summed E-state index contributed by atoms with van der Waals surface area (Å²) in [4.78, 5) is 2.48. The molecule has 0 bridgehead atoms. The first-order chi connectivity index (χ1) is 9.69. The molecule has 1 aliphatic rings. The molecular weight excluding hydrogens is 248 g/mol. The molecule has 1 fully saturated rings. The van der Waals surface area contributed by atoms with Crippen LogP contribution in [-0.4, -0.2) is 43.8 Å². The summed E-state index contributed by atoms with van der Waals surface area (Å²) in [5, 5.41) is 3.41. The van der Waals surface area contributed by atoms with Gasteiger partial charge in [0.25, 0.3) is 0 Å². The molecule has 1 N–H and O–H groups in total. The second kappa shape index (κ2) is 7.77. The molecule has 1 saturated heterocycles. The lowest BCUT2D eigenvalue weighted by atomic mass is 9.99. The third-order valence-corrected chi connectivity index (χ3v) is 3.98. The molecule has 2 unspecified atom stereocenters. The van der Waals surface area contributed by atoms with Crippen molar-refractivity contribution in [2.24, 2.45) is 0 Å². The van der Waals surface area contributed by atoms with E-state index in [4.69, 9.17) is 4.74 Å². The summed E-state index contributed by atoms with van der Waals surface area (Å²) in [5.74, 6) is 0.576. The molecule has 0 aromatic heterocycles. The lowest BCUT2D eigenvalue weighted by Crippen LogP contribution is -2.40. The van der Waals surface area contributed by atoms with Crippen molar-refractivity contribution < 1.29 is 4.74 Å². The number of likely N-dealkylation sites (N-methyl/N-ethyl adjacent to an activating group) is 1. The van der Waals surface area contributed by atoms with Gasteiger partial charge in [0.1, 0.15) is 0 Å². The largest absolute Gasteiger partial charge is 0.376 e. The molecule has 1 aliphatic heterocycles. The predicted molar refractivity (Wildman–Crippen MR) is 84.1 cm³/mol. The van der Waals surface area contributed by atoms with E-state index in [1.165, 1.54) is 11.1 Å². The van der Waals surface area contributed by atoms with Gasteiger partial charge in [-0.15, -0.1) is 0 Å². The van der Waals surface area contributed by atoms with Crippen LogP contribution in [0.5, 0.6) is 0 Å². The van der Waals surface area contributed by atoms with Crippen molar-refractivity contribution in [3.63, 3.8) is 0 Å². The van der Waals surface area contributed by atoms with Crippen LogP contribution in [0, 0.1) is 0 Å². The minimum atomic E-state index is 0.364. The zero-order valence-electron chi connectivity index (χ0n) is 13.1. The van der Waals surface area contributed by atoms with Gasteiger partial charge in [-0.25, -0.2) is 0 Å². The van der Waals surface area contributed by atoms with Crippen molar-refractivity contribution in [3.8, 4) is 0 Å². The monoisotopic (exact) mass is 276 g/mol. The van der Waals surface area contributed by atoms with E-state index in [0.29, 0.717) is 12.0 Å². The number of benzene rings is 1. The molecule has 0 amide bonds. The normalized spacial score (nSPS) is 21.9. The van der Waals surface area contributed by atoms with Crippen LogP contribution in [-0.2, 0) is 11.3 Å². The van der Waals surface area contributed by atoms with Crippen LogP contribution in [0.2, 0.25) is 0 Å². The Bertz CT molecular complexity index is 390. The molecule has 2 atom stereocenters. The third-order valence-electron chi connectivity index (χ3n) is 3.98. The molecule has 0 radical (unpaired) electrons. The van der Waals surface area contributed by atoms with Crippen molar-refractivity contribution in [3.05, 3.63) is 35.4 Å². The molecule has 3 heteroatoms. The fraction of sp³-hybridized carbons (Fsp3) is 0.647. The number of rotatable bonds is 6. The van der Waals surface area contributed by atoms with E-state index >= 15 is 0 Å². The van der Waals surface area contributed by atoms with Crippen LogP contribution in [0.1, 0.15) is 37.8 Å². The Labute approximate surface area is 123 Å². The second-order valence-corrected chi connectivity index (χ2v) is 5.87. The van der Waals surface area contributed by atoms with E-state index in [9.17, 15) is 0 Å². The highest BCUT2D eigenvalue weighted by molar-refractivity contribution is 5.25. The molecule has 1 heterocycles. The van der Waals surface area contributed by atoms with Gasteiger partial charge in [0.2, 0.25) is 0 Å². The SMILES string of the molecule is CCNCC(C)c1ccc(CN2CCOC(C)C2)cc1. The standard InChI is InChI=1S/C17H28N2O/c1-4-18-11-14(2)17-7-5-16(6-8-17)13-19-9-10-20-15(3)12-19/h5-8,14-15,18H,4,9-13H2,1-3H3. The van der Waals surface area contributed by atoms with Gasteiger partial charge in [-0.2, -0.15) is 0 Å². The minimum Gasteiger partial charge on any atom is -0.376 e. The highest BCUT2D eigenvalue weighted by Gasteiger charge is 2.16. The third kappa shape index (κ3) is 4.58. The molecule has 1 aromatic carbocycles. The number of morpholine rings is 1. The van der Waals surface area contributed by atoms with Crippen molar-refractivity contribution >= 4 is 0 Å². The average Bonchev–Trinajstić information content (AvgIpc) is 2.45. The summed E-state index contributed by atoms with van der Waals surface area (Å²) in [6, 6.07) is 9.11. The Morgan fingerprint density at radius 2 is 2.10 bits per heavy atom. The maximum atomic E-state index is 5.59. The van der Waals surface area contributed by atoms with Gasteiger partial charge in [0.15, 0.2) is 0 Å². The topological polar surface area (TPSA) is 24.5 Å². The number of nitrogens with one attached hydrogen (secondary N) is 1. The molecular formula is C17H28N2O. The van der Waals surface area contributed by atoms with E-state index in [1.54, 1.807) is 0 Å². The van der Waals surface area contributed by atoms with E-state index in [0.717, 1.165) is 39.3 Å². The summed E-state index contributed by atoms with van der Waals surface area (Å²) >= 11 is 0. The van der Waals surface area contributed by atoms with Gasteiger partial charge in [-0.1, -0.05) is 38.1 Å². The Balaban J connectivity index is 1.87. The predicted octanol–water partition coefficient (Wildman–Crippen LogP) is 2.62. The average molecular weight is 276 g/mol. The van der Waals surface area contributed by atoms with Crippen molar-refractivity contribution in [1.29, 1.82) is 0 Å². The van der Waals surface area contributed by atoms with Crippen LogP contribution >= 0.6 is 0 Å². The zero-order chi connectivity index (χ0) is 14.4. The van der Waals surface area contributed by atoms with Crippen LogP contribution in [0.25, 0.3) is 0 Å². The number of hydrogen-bond donors (Lipinski definition) is 1. The smallest absolute Gasteiger partial charge is 0.0674 e. The van der Waals surface area contributed by atoms with E-state index in [1.807, 2.05) is 0 Å². The van der Waals surface area contributed by atoms with E-state index < -0.39 is 0 Å². The summed E-state index contributed by atoms with van der Waals surface area (Å²) in [5.41, 5.74) is 2.82. The fourth-order valence-electron chi connectivity index (χ4n) is 2.72. The summed E-state index contributed by atoms with van der Waals surface area (Å²) in [6.45, 7) is 12.7. The Kier molecular flexibility index (Phi) is 6.02. The van der Waals surface area contributed by atoms with Crippen molar-refractivity contribution in [2.45, 2.75) is 39.3 Å². The number of nitrogens with zero attached hydrogens (tertiary/aromatic N) is 1. The van der Waals surface area contributed by atoms with Gasteiger partial charge in [0.05, 0.1) is 12.7 Å². The van der Waals surface area contributed by atoms with Crippen molar-refractivity contribution in [1.82, 2.24) is 10.2 Å². The fourth-order valence-corrected chi connectivity index (χ4v) is 2.72. The van der Waals surface area contributed by atoms with Crippen LogP contribution < -0.4 is 5.32 Å². The molecule has 0 aliphatic carbocycles. The highest BCUT2D eigenvalue weighted by Crippen LogP contribution is 2.17. The first-order valence-corrected chi connectivity index (χ1v) is 7.82. The quantitative estimate of drug-likeness (QED) is 0.864. The Hall–Kier alpha value is -0.900. The van der Waals surface area contributed by atoms with Crippen LogP contribution in [0.3, 0.4) is 0 Å². The van der Waals surface area contributed by atoms with Gasteiger partial charge in [-0.3, -0.25) is 4.90 Å². The van der Waals surface area contributed by atoms with Gasteiger partial charge in [0, 0.05) is 26.2 Å². The second-order valence-electron chi connectivity index (χ2n) is 5.87. The molecule has 1 aromatic rings. The summed E-state index contributed by atoms with van der Waals surface area (Å²) < 4.78 is 5.59. The molecule has 20 heavy (non-hydrogen) atoms. The minimum absolute atomic E-state index is 0.364. The maximum absolute atomic E-state index is 5.59. The van der Waals surface area contributed by atoms with Crippen molar-refractivity contribution in [2.75, 3.05) is 32.8 Å². The Morgan fingerprint density at radius 1 is 1.35 bits per heavy atom. The molecule has 112 valence electrons. The van der Waals surface area contributed by atoms with Crippen LogP contribution in [0.4, 0.5) is 0 Å². The maximum Gasteiger partial charge on any atom is 0.0674 e. The van der Waals surface area contributed by atoms with Gasteiger partial charge in [-0.05, 0) is 30.5 Å². The lowest BCUT2D eigenvalue weighted by Gasteiger charge is -2.31. The first kappa shape index (κ1) is 15.5. The number of ether oxygens (including phenoxy) is 1. The highest BCUT2D eigenvalue weighted by atomic mass is 16.5. The summed E-state index contributed by atoms with van der Waals surface area (Å²) in [6.07, 6.45) is 0.364. The van der Waals surface area contributed by atoms with E-state index in [-0.39, 0.29) is 0 Å². The van der Waals surface area contributed by atoms with Gasteiger partial charge < -0.3 is 10.1 Å². The molecule has 3 nitrogen and oxygen atoms in total. The molecule has 0 spiro atoms. The van der Waals surface area contributed by atoms with E-state index in [2.05, 4.69) is 55.3 Å². The zero-order valence-corrected chi connectivity index (χ0v) is 13.1. The van der Waals surface area contributed by atoms with Gasteiger partial charge >= 0.3 is 0 Å². The first-order valence-electron chi connectivity index (χ1n) is 7.82. The van der Waals surface area contributed by atoms with Crippen LogP contribution in [0.15, 0.2) is 24.3 Å². The summed E-state index contributed by atoms with van der Waals surface area (Å²) in [7, 11) is 0. The lowest BCUT2D eigenvalue weighted by molar-refractivity contribution is -0.0212. The molecule has 2 rings (SSSR count). The number of hydrogen-bond acceptors (Lipinski definition) is 3. The Morgan fingerprint density at radius 3 is 2.75 bits per heavy atom.